The topological polar surface area (TPSA) is 34.1 Å². The zero-order valence-corrected chi connectivity index (χ0v) is 7.27. The summed E-state index contributed by atoms with van der Waals surface area (Å²) in [5, 5.41) is 1.84. The Kier molecular flexibility index (Phi) is 2.19. The molecule has 3 heteroatoms. The fourth-order valence-corrected chi connectivity index (χ4v) is 2.21. The SMILES string of the molecule is Cc1c(C=O)c(C=O)c[s+]1C. The molecule has 1 atom stereocenters. The average molecular weight is 169 g/mol. The second-order valence-electron chi connectivity index (χ2n) is 2.34. The predicted molar refractivity (Wildman–Crippen MR) is 45.4 cm³/mol. The summed E-state index contributed by atoms with van der Waals surface area (Å²) in [5.41, 5.74) is 1.12. The lowest BCUT2D eigenvalue weighted by Crippen LogP contribution is -1.85. The first kappa shape index (κ1) is 8.14. The van der Waals surface area contributed by atoms with E-state index in [1.807, 2.05) is 18.6 Å². The minimum Gasteiger partial charge on any atom is -0.298 e. The maximum absolute atomic E-state index is 10.5. The van der Waals surface area contributed by atoms with Gasteiger partial charge < -0.3 is 0 Å². The van der Waals surface area contributed by atoms with Crippen LogP contribution in [0.25, 0.3) is 0 Å². The van der Waals surface area contributed by atoms with E-state index in [0.717, 1.165) is 17.4 Å². The molecular weight excluding hydrogens is 160 g/mol. The van der Waals surface area contributed by atoms with Crippen LogP contribution in [0.15, 0.2) is 5.38 Å². The Morgan fingerprint density at radius 1 is 1.36 bits per heavy atom. The van der Waals surface area contributed by atoms with E-state index in [1.54, 1.807) is 0 Å². The van der Waals surface area contributed by atoms with E-state index in [0.29, 0.717) is 11.1 Å². The van der Waals surface area contributed by atoms with E-state index in [-0.39, 0.29) is 10.5 Å². The maximum Gasteiger partial charge on any atom is 0.158 e. The van der Waals surface area contributed by atoms with Crippen molar-refractivity contribution in [2.24, 2.45) is 6.26 Å². The molecule has 0 N–H and O–H groups in total. The lowest BCUT2D eigenvalue weighted by molar-refractivity contribution is 0.109. The second-order valence-corrected chi connectivity index (χ2v) is 4.30. The van der Waals surface area contributed by atoms with Crippen molar-refractivity contribution in [2.45, 2.75) is 6.92 Å². The molecule has 0 spiro atoms. The Labute approximate surface area is 67.8 Å². The molecule has 0 aliphatic heterocycles. The summed E-state index contributed by atoms with van der Waals surface area (Å²) >= 11 is 0. The van der Waals surface area contributed by atoms with Crippen LogP contribution in [0.4, 0.5) is 0 Å². The second kappa shape index (κ2) is 2.96. The van der Waals surface area contributed by atoms with E-state index < -0.39 is 0 Å². The predicted octanol–water partition coefficient (Wildman–Crippen LogP) is 1.91. The van der Waals surface area contributed by atoms with Gasteiger partial charge in [0.15, 0.2) is 17.4 Å². The fourth-order valence-electron chi connectivity index (χ4n) is 0.961. The van der Waals surface area contributed by atoms with Crippen molar-refractivity contribution >= 4 is 23.0 Å². The van der Waals surface area contributed by atoms with Crippen molar-refractivity contribution in [3.63, 3.8) is 0 Å². The zero-order chi connectivity index (χ0) is 8.43. The van der Waals surface area contributed by atoms with E-state index in [9.17, 15) is 9.59 Å². The van der Waals surface area contributed by atoms with Gasteiger partial charge in [0.25, 0.3) is 0 Å². The van der Waals surface area contributed by atoms with Gasteiger partial charge in [-0.3, -0.25) is 9.59 Å². The highest BCUT2D eigenvalue weighted by Gasteiger charge is 2.16. The van der Waals surface area contributed by atoms with Gasteiger partial charge >= 0.3 is 0 Å². The number of hydrogen-bond acceptors (Lipinski definition) is 2. The molecule has 0 amide bonds. The smallest absolute Gasteiger partial charge is 0.158 e. The van der Waals surface area contributed by atoms with Gasteiger partial charge in [0.05, 0.1) is 11.1 Å². The fraction of sp³-hybridized carbons (Fsp3) is 0.250. The highest BCUT2D eigenvalue weighted by molar-refractivity contribution is 7.28. The molecule has 0 fully saturated rings. The Hall–Kier alpha value is -0.960. The van der Waals surface area contributed by atoms with Crippen LogP contribution in [0.1, 0.15) is 25.6 Å². The van der Waals surface area contributed by atoms with E-state index in [1.165, 1.54) is 0 Å². The third-order valence-electron chi connectivity index (χ3n) is 1.72. The largest absolute Gasteiger partial charge is 0.298 e. The molecule has 0 aromatic carbocycles. The van der Waals surface area contributed by atoms with Crippen molar-refractivity contribution in [3.05, 3.63) is 21.4 Å². The van der Waals surface area contributed by atoms with Gasteiger partial charge in [0, 0.05) is 6.92 Å². The summed E-state index contributed by atoms with van der Waals surface area (Å²) < 4.78 is 0. The number of aldehydes is 2. The van der Waals surface area contributed by atoms with Gasteiger partial charge in [-0.25, -0.2) is 0 Å². The van der Waals surface area contributed by atoms with Crippen LogP contribution >= 0.6 is 10.5 Å². The minimum absolute atomic E-state index is 0.0224. The first-order chi connectivity index (χ1) is 5.20. The van der Waals surface area contributed by atoms with Crippen LogP contribution in [0, 0.1) is 6.92 Å². The van der Waals surface area contributed by atoms with Crippen molar-refractivity contribution in [1.82, 2.24) is 0 Å². The molecule has 1 aromatic rings. The summed E-state index contributed by atoms with van der Waals surface area (Å²) in [4.78, 5) is 21.9. The lowest BCUT2D eigenvalue weighted by atomic mass is 10.2. The van der Waals surface area contributed by atoms with E-state index in [2.05, 4.69) is 0 Å². The molecule has 0 bridgehead atoms. The Morgan fingerprint density at radius 2 is 2.00 bits per heavy atom. The molecule has 1 heterocycles. The van der Waals surface area contributed by atoms with Gasteiger partial charge in [-0.05, 0) is 10.5 Å². The Bertz CT molecular complexity index is 299. The summed E-state index contributed by atoms with van der Waals surface area (Å²) in [6, 6.07) is 0. The lowest BCUT2D eigenvalue weighted by Gasteiger charge is -1.81. The first-order valence-corrected chi connectivity index (χ1v) is 4.88. The Morgan fingerprint density at radius 3 is 2.36 bits per heavy atom. The molecular formula is C8H9O2S+. The third kappa shape index (κ3) is 1.24. The van der Waals surface area contributed by atoms with Crippen LogP contribution < -0.4 is 0 Å². The summed E-state index contributed by atoms with van der Waals surface area (Å²) in [6.07, 6.45) is 3.49. The van der Waals surface area contributed by atoms with Crippen molar-refractivity contribution < 1.29 is 9.59 Å². The van der Waals surface area contributed by atoms with Crippen LogP contribution in [0.3, 0.4) is 0 Å². The number of aryl methyl sites for hydroxylation is 1. The van der Waals surface area contributed by atoms with Crippen LogP contribution in [0.2, 0.25) is 0 Å². The highest BCUT2D eigenvalue weighted by Crippen LogP contribution is 2.27. The monoisotopic (exact) mass is 169 g/mol. The average Bonchev–Trinajstić information content (AvgIpc) is 2.28. The van der Waals surface area contributed by atoms with Gasteiger partial charge in [0.1, 0.15) is 11.6 Å². The zero-order valence-electron chi connectivity index (χ0n) is 6.46. The van der Waals surface area contributed by atoms with Crippen molar-refractivity contribution in [3.8, 4) is 0 Å². The molecule has 1 aromatic heterocycles. The normalized spacial score (nSPS) is 11.3. The molecule has 58 valence electrons. The summed E-state index contributed by atoms with van der Waals surface area (Å²) in [5.74, 6) is 0. The number of rotatable bonds is 2. The van der Waals surface area contributed by atoms with Crippen molar-refractivity contribution in [2.75, 3.05) is 0 Å². The summed E-state index contributed by atoms with van der Waals surface area (Å²) in [6.45, 7) is 1.89. The molecule has 0 saturated carbocycles. The standard InChI is InChI=1S/C8H9O2S/c1-6-8(4-10)7(3-9)5-11(6)2/h3-5H,1-2H3/q+1. The third-order valence-corrected chi connectivity index (χ3v) is 3.52. The highest BCUT2D eigenvalue weighted by atomic mass is 32.2. The van der Waals surface area contributed by atoms with Gasteiger partial charge in [-0.1, -0.05) is 0 Å². The molecule has 0 saturated heterocycles. The van der Waals surface area contributed by atoms with Crippen LogP contribution in [-0.4, -0.2) is 12.6 Å². The van der Waals surface area contributed by atoms with Crippen LogP contribution in [0.5, 0.6) is 0 Å². The first-order valence-electron chi connectivity index (χ1n) is 3.19. The summed E-state index contributed by atoms with van der Waals surface area (Å²) in [7, 11) is -0.0224. The molecule has 1 unspecified atom stereocenters. The minimum atomic E-state index is -0.0224. The molecule has 1 rings (SSSR count). The molecule has 0 radical (unpaired) electrons. The maximum atomic E-state index is 10.5. The molecule has 0 aliphatic rings. The Balaban J connectivity index is 3.37. The van der Waals surface area contributed by atoms with Crippen LogP contribution in [-0.2, 0) is 6.26 Å². The number of thiophene rings is 1. The number of hydrogen-bond donors (Lipinski definition) is 0. The van der Waals surface area contributed by atoms with E-state index in [4.69, 9.17) is 0 Å². The number of carbonyl (C=O) groups excluding carboxylic acids is 2. The molecule has 11 heavy (non-hydrogen) atoms. The molecule has 2 nitrogen and oxygen atoms in total. The van der Waals surface area contributed by atoms with Crippen molar-refractivity contribution in [1.29, 1.82) is 0 Å². The van der Waals surface area contributed by atoms with Gasteiger partial charge in [-0.15, -0.1) is 0 Å². The molecule has 0 aliphatic carbocycles. The van der Waals surface area contributed by atoms with Gasteiger partial charge in [0.2, 0.25) is 0 Å². The quantitative estimate of drug-likeness (QED) is 0.500. The van der Waals surface area contributed by atoms with Gasteiger partial charge in [-0.2, -0.15) is 0 Å². The van der Waals surface area contributed by atoms with E-state index >= 15 is 0 Å². The number of carbonyl (C=O) groups is 2.